The number of methoxy groups -OCH3 is 1. The average Bonchev–Trinajstić information content (AvgIpc) is 2.22. The molecule has 0 saturated carbocycles. The van der Waals surface area contributed by atoms with Gasteiger partial charge in [-0.1, -0.05) is 6.92 Å². The number of rotatable bonds is 5. The highest BCUT2D eigenvalue weighted by molar-refractivity contribution is 4.81. The summed E-state index contributed by atoms with van der Waals surface area (Å²) in [6.07, 6.45) is 0. The highest BCUT2D eigenvalue weighted by Crippen LogP contribution is 2.13. The molecule has 0 aromatic heterocycles. The quantitative estimate of drug-likeness (QED) is 0.692. The van der Waals surface area contributed by atoms with Crippen molar-refractivity contribution >= 4 is 0 Å². The lowest BCUT2D eigenvalue weighted by atomic mass is 10.0. The average molecular weight is 215 g/mol. The van der Waals surface area contributed by atoms with Crippen molar-refractivity contribution in [2.24, 2.45) is 11.7 Å². The van der Waals surface area contributed by atoms with E-state index in [0.717, 1.165) is 39.3 Å². The molecule has 15 heavy (non-hydrogen) atoms. The van der Waals surface area contributed by atoms with E-state index in [2.05, 4.69) is 23.8 Å². The van der Waals surface area contributed by atoms with Crippen LogP contribution in [0.4, 0.5) is 0 Å². The van der Waals surface area contributed by atoms with Crippen LogP contribution in [-0.4, -0.2) is 69.3 Å². The van der Waals surface area contributed by atoms with E-state index in [1.165, 1.54) is 0 Å². The van der Waals surface area contributed by atoms with Gasteiger partial charge in [-0.25, -0.2) is 0 Å². The van der Waals surface area contributed by atoms with Gasteiger partial charge in [0.25, 0.3) is 0 Å². The van der Waals surface area contributed by atoms with Gasteiger partial charge < -0.3 is 15.4 Å². The van der Waals surface area contributed by atoms with Gasteiger partial charge in [0.1, 0.15) is 0 Å². The lowest BCUT2D eigenvalue weighted by molar-refractivity contribution is 0.0551. The summed E-state index contributed by atoms with van der Waals surface area (Å²) < 4.78 is 5.21. The van der Waals surface area contributed by atoms with E-state index in [1.54, 1.807) is 7.11 Å². The topological polar surface area (TPSA) is 41.7 Å². The molecule has 1 saturated heterocycles. The summed E-state index contributed by atoms with van der Waals surface area (Å²) in [5.74, 6) is 0.517. The Morgan fingerprint density at radius 2 is 1.87 bits per heavy atom. The third kappa shape index (κ3) is 3.72. The van der Waals surface area contributed by atoms with Crippen molar-refractivity contribution in [3.05, 3.63) is 0 Å². The van der Waals surface area contributed by atoms with Crippen molar-refractivity contribution in [1.29, 1.82) is 0 Å². The van der Waals surface area contributed by atoms with Crippen molar-refractivity contribution in [1.82, 2.24) is 9.80 Å². The van der Waals surface area contributed by atoms with E-state index in [9.17, 15) is 0 Å². The van der Waals surface area contributed by atoms with Gasteiger partial charge in [-0.15, -0.1) is 0 Å². The summed E-state index contributed by atoms with van der Waals surface area (Å²) >= 11 is 0. The molecule has 0 aromatic carbocycles. The normalized spacial score (nSPS) is 24.0. The SMILES string of the molecule is COCC(C)C(CN)N1CCN(C)CC1. The first-order valence-electron chi connectivity index (χ1n) is 5.80. The second kappa shape index (κ2) is 6.43. The maximum Gasteiger partial charge on any atom is 0.0503 e. The number of likely N-dealkylation sites (N-methyl/N-ethyl adjacent to an activating group) is 1. The molecule has 0 aliphatic carbocycles. The van der Waals surface area contributed by atoms with Gasteiger partial charge in [0.15, 0.2) is 0 Å². The number of piperazine rings is 1. The van der Waals surface area contributed by atoms with E-state index < -0.39 is 0 Å². The number of nitrogens with zero attached hydrogens (tertiary/aromatic N) is 2. The smallest absolute Gasteiger partial charge is 0.0503 e. The van der Waals surface area contributed by atoms with E-state index >= 15 is 0 Å². The minimum Gasteiger partial charge on any atom is -0.384 e. The predicted molar refractivity (Wildman–Crippen MR) is 63.0 cm³/mol. The molecule has 1 aliphatic rings. The fourth-order valence-corrected chi connectivity index (χ4v) is 2.27. The maximum atomic E-state index is 5.86. The molecule has 0 amide bonds. The number of hydrogen-bond donors (Lipinski definition) is 1. The molecule has 2 N–H and O–H groups in total. The maximum absolute atomic E-state index is 5.86. The third-order valence-corrected chi connectivity index (χ3v) is 3.33. The summed E-state index contributed by atoms with van der Waals surface area (Å²) in [5, 5.41) is 0. The standard InChI is InChI=1S/C11H25N3O/c1-10(9-15-3)11(8-12)14-6-4-13(2)5-7-14/h10-11H,4-9,12H2,1-3H3. The van der Waals surface area contributed by atoms with Crippen molar-refractivity contribution in [3.63, 3.8) is 0 Å². The van der Waals surface area contributed by atoms with Gasteiger partial charge in [-0.05, 0) is 13.0 Å². The highest BCUT2D eigenvalue weighted by atomic mass is 16.5. The predicted octanol–water partition coefficient (Wildman–Crippen LogP) is -0.156. The van der Waals surface area contributed by atoms with Crippen LogP contribution >= 0.6 is 0 Å². The van der Waals surface area contributed by atoms with Crippen LogP contribution in [0, 0.1) is 5.92 Å². The largest absolute Gasteiger partial charge is 0.384 e. The van der Waals surface area contributed by atoms with Crippen molar-refractivity contribution in [2.45, 2.75) is 13.0 Å². The Bertz CT molecular complexity index is 169. The Kier molecular flexibility index (Phi) is 5.53. The lowest BCUT2D eigenvalue weighted by Crippen LogP contribution is -2.54. The van der Waals surface area contributed by atoms with Crippen LogP contribution in [0.5, 0.6) is 0 Å². The van der Waals surface area contributed by atoms with Crippen LogP contribution in [0.15, 0.2) is 0 Å². The first-order chi connectivity index (χ1) is 7.19. The van der Waals surface area contributed by atoms with Gasteiger partial charge in [0, 0.05) is 45.9 Å². The summed E-state index contributed by atoms with van der Waals surface area (Å²) in [4.78, 5) is 4.87. The van der Waals surface area contributed by atoms with Crippen molar-refractivity contribution in [3.8, 4) is 0 Å². The number of hydrogen-bond acceptors (Lipinski definition) is 4. The number of nitrogens with two attached hydrogens (primary N) is 1. The molecule has 0 aromatic rings. The van der Waals surface area contributed by atoms with E-state index in [-0.39, 0.29) is 0 Å². The lowest BCUT2D eigenvalue weighted by Gasteiger charge is -2.40. The molecule has 1 aliphatic heterocycles. The molecule has 2 unspecified atom stereocenters. The summed E-state index contributed by atoms with van der Waals surface area (Å²) in [7, 11) is 3.93. The van der Waals surface area contributed by atoms with Gasteiger partial charge >= 0.3 is 0 Å². The van der Waals surface area contributed by atoms with Crippen molar-refractivity contribution < 1.29 is 4.74 Å². The van der Waals surface area contributed by atoms with Gasteiger partial charge in [-0.3, -0.25) is 4.90 Å². The zero-order valence-electron chi connectivity index (χ0n) is 10.3. The molecular formula is C11H25N3O. The fraction of sp³-hybridized carbons (Fsp3) is 1.00. The van der Waals surface area contributed by atoms with Crippen LogP contribution in [-0.2, 0) is 4.74 Å². The molecule has 4 heteroatoms. The minimum absolute atomic E-state index is 0.471. The molecule has 2 atom stereocenters. The minimum atomic E-state index is 0.471. The zero-order chi connectivity index (χ0) is 11.3. The molecular weight excluding hydrogens is 190 g/mol. The first kappa shape index (κ1) is 12.9. The van der Waals surface area contributed by atoms with Crippen LogP contribution in [0.2, 0.25) is 0 Å². The van der Waals surface area contributed by atoms with Crippen LogP contribution in [0.1, 0.15) is 6.92 Å². The summed E-state index contributed by atoms with van der Waals surface area (Å²) in [6.45, 7) is 8.31. The second-order valence-corrected chi connectivity index (χ2v) is 4.57. The molecule has 0 bridgehead atoms. The van der Waals surface area contributed by atoms with Crippen molar-refractivity contribution in [2.75, 3.05) is 53.5 Å². The molecule has 1 rings (SSSR count). The van der Waals surface area contributed by atoms with E-state index in [0.29, 0.717) is 12.0 Å². The van der Waals surface area contributed by atoms with Gasteiger partial charge in [-0.2, -0.15) is 0 Å². The number of ether oxygens (including phenoxy) is 1. The molecule has 1 fully saturated rings. The summed E-state index contributed by atoms with van der Waals surface area (Å²) in [5.41, 5.74) is 5.86. The van der Waals surface area contributed by atoms with E-state index in [1.807, 2.05) is 0 Å². The Hall–Kier alpha value is -0.160. The van der Waals surface area contributed by atoms with Gasteiger partial charge in [0.2, 0.25) is 0 Å². The molecule has 1 heterocycles. The monoisotopic (exact) mass is 215 g/mol. The molecule has 90 valence electrons. The molecule has 0 radical (unpaired) electrons. The summed E-state index contributed by atoms with van der Waals surface area (Å²) in [6, 6.07) is 0.471. The Balaban J connectivity index is 2.43. The molecule has 0 spiro atoms. The fourth-order valence-electron chi connectivity index (χ4n) is 2.27. The second-order valence-electron chi connectivity index (χ2n) is 4.57. The highest BCUT2D eigenvalue weighted by Gasteiger charge is 2.25. The van der Waals surface area contributed by atoms with E-state index in [4.69, 9.17) is 10.5 Å². The Morgan fingerprint density at radius 1 is 1.27 bits per heavy atom. The van der Waals surface area contributed by atoms with Crippen LogP contribution in [0.25, 0.3) is 0 Å². The third-order valence-electron chi connectivity index (χ3n) is 3.33. The zero-order valence-corrected chi connectivity index (χ0v) is 10.3. The Labute approximate surface area is 93.4 Å². The Morgan fingerprint density at radius 3 is 2.33 bits per heavy atom. The molecule has 4 nitrogen and oxygen atoms in total. The van der Waals surface area contributed by atoms with Crippen LogP contribution < -0.4 is 5.73 Å². The van der Waals surface area contributed by atoms with Gasteiger partial charge in [0.05, 0.1) is 6.61 Å². The van der Waals surface area contributed by atoms with Crippen LogP contribution in [0.3, 0.4) is 0 Å². The first-order valence-corrected chi connectivity index (χ1v) is 5.80.